The van der Waals surface area contributed by atoms with Crippen LogP contribution in [0.3, 0.4) is 0 Å². The first-order valence-electron chi connectivity index (χ1n) is 11.3. The fraction of sp³-hybridized carbons (Fsp3) is 0.440. The van der Waals surface area contributed by atoms with Crippen molar-refractivity contribution in [2.75, 3.05) is 31.3 Å². The van der Waals surface area contributed by atoms with Gasteiger partial charge in [0, 0.05) is 12.6 Å². The number of carbonyl (C=O) groups is 2. The number of nitrogens with one attached hydrogen (secondary N) is 1. The summed E-state index contributed by atoms with van der Waals surface area (Å²) < 4.78 is 37.0. The molecule has 0 heterocycles. The van der Waals surface area contributed by atoms with Crippen molar-refractivity contribution in [1.29, 1.82) is 0 Å². The number of hydrogen-bond donors (Lipinski definition) is 1. The molecule has 192 valence electrons. The Kier molecular flexibility index (Phi) is 9.94. The van der Waals surface area contributed by atoms with Crippen molar-refractivity contribution in [3.63, 3.8) is 0 Å². The first-order valence-corrected chi connectivity index (χ1v) is 13.2. The third-order valence-corrected chi connectivity index (χ3v) is 6.49. The molecule has 10 heteroatoms. The summed E-state index contributed by atoms with van der Waals surface area (Å²) in [6.07, 6.45) is 1.39. The SMILES string of the molecule is CC[C@@H](C(=O)NC(C)C)N(Cc1ccc(OC)cc1)C(=O)CN(c1ccccc1OC)S(C)(=O)=O. The molecule has 0 unspecified atom stereocenters. The fourth-order valence-corrected chi connectivity index (χ4v) is 4.51. The number of carbonyl (C=O) groups excluding carboxylic acids is 2. The number of nitrogens with zero attached hydrogens (tertiary/aromatic N) is 2. The van der Waals surface area contributed by atoms with Crippen molar-refractivity contribution in [2.45, 2.75) is 45.8 Å². The van der Waals surface area contributed by atoms with Crippen molar-refractivity contribution < 1.29 is 27.5 Å². The fourth-order valence-electron chi connectivity index (χ4n) is 3.66. The normalized spacial score (nSPS) is 12.1. The predicted molar refractivity (Wildman–Crippen MR) is 136 cm³/mol. The number of amides is 2. The Hall–Kier alpha value is -3.27. The van der Waals surface area contributed by atoms with E-state index >= 15 is 0 Å². The second kappa shape index (κ2) is 12.4. The molecule has 1 atom stereocenters. The van der Waals surface area contributed by atoms with E-state index in [1.165, 1.54) is 12.0 Å². The lowest BCUT2D eigenvalue weighted by molar-refractivity contribution is -0.140. The molecule has 0 aromatic heterocycles. The van der Waals surface area contributed by atoms with Crippen LogP contribution in [0.5, 0.6) is 11.5 Å². The van der Waals surface area contributed by atoms with Gasteiger partial charge in [-0.15, -0.1) is 0 Å². The van der Waals surface area contributed by atoms with E-state index in [9.17, 15) is 18.0 Å². The summed E-state index contributed by atoms with van der Waals surface area (Å²) in [6, 6.07) is 12.8. The topological polar surface area (TPSA) is 105 Å². The van der Waals surface area contributed by atoms with Crippen molar-refractivity contribution in [3.05, 3.63) is 54.1 Å². The van der Waals surface area contributed by atoms with Gasteiger partial charge in [0.2, 0.25) is 21.8 Å². The van der Waals surface area contributed by atoms with Gasteiger partial charge in [-0.3, -0.25) is 13.9 Å². The first kappa shape index (κ1) is 28.0. The van der Waals surface area contributed by atoms with Crippen LogP contribution in [0, 0.1) is 0 Å². The van der Waals surface area contributed by atoms with E-state index in [4.69, 9.17) is 9.47 Å². The first-order chi connectivity index (χ1) is 16.5. The monoisotopic (exact) mass is 505 g/mol. The van der Waals surface area contributed by atoms with Crippen molar-refractivity contribution in [2.24, 2.45) is 0 Å². The van der Waals surface area contributed by atoms with Crippen LogP contribution in [-0.2, 0) is 26.2 Å². The third kappa shape index (κ3) is 7.61. The molecule has 0 aliphatic rings. The zero-order valence-electron chi connectivity index (χ0n) is 21.1. The lowest BCUT2D eigenvalue weighted by Crippen LogP contribution is -2.53. The molecule has 2 rings (SSSR count). The lowest BCUT2D eigenvalue weighted by Gasteiger charge is -2.33. The molecule has 2 aromatic carbocycles. The minimum absolute atomic E-state index is 0.115. The molecule has 35 heavy (non-hydrogen) atoms. The summed E-state index contributed by atoms with van der Waals surface area (Å²) >= 11 is 0. The van der Waals surface area contributed by atoms with Gasteiger partial charge in [-0.2, -0.15) is 0 Å². The molecule has 0 bridgehead atoms. The number of hydrogen-bond acceptors (Lipinski definition) is 6. The summed E-state index contributed by atoms with van der Waals surface area (Å²) in [6.45, 7) is 5.13. The van der Waals surface area contributed by atoms with Gasteiger partial charge in [0.1, 0.15) is 24.1 Å². The highest BCUT2D eigenvalue weighted by Crippen LogP contribution is 2.29. The molecule has 0 saturated carbocycles. The Morgan fingerprint density at radius 1 is 1.00 bits per heavy atom. The van der Waals surface area contributed by atoms with Gasteiger partial charge >= 0.3 is 0 Å². The molecule has 0 saturated heterocycles. The zero-order valence-corrected chi connectivity index (χ0v) is 22.0. The summed E-state index contributed by atoms with van der Waals surface area (Å²) in [5, 5.41) is 2.86. The highest BCUT2D eigenvalue weighted by atomic mass is 32.2. The maximum atomic E-state index is 13.7. The van der Waals surface area contributed by atoms with Gasteiger partial charge in [-0.05, 0) is 50.1 Å². The van der Waals surface area contributed by atoms with Gasteiger partial charge in [0.05, 0.1) is 26.2 Å². The van der Waals surface area contributed by atoms with Crippen molar-refractivity contribution >= 4 is 27.5 Å². The van der Waals surface area contributed by atoms with Crippen LogP contribution in [0.4, 0.5) is 5.69 Å². The zero-order chi connectivity index (χ0) is 26.2. The van der Waals surface area contributed by atoms with Crippen LogP contribution < -0.4 is 19.1 Å². The lowest BCUT2D eigenvalue weighted by atomic mass is 10.1. The van der Waals surface area contributed by atoms with E-state index in [0.717, 1.165) is 16.1 Å². The maximum Gasteiger partial charge on any atom is 0.244 e. The smallest absolute Gasteiger partial charge is 0.244 e. The minimum Gasteiger partial charge on any atom is -0.497 e. The summed E-state index contributed by atoms with van der Waals surface area (Å²) in [4.78, 5) is 28.1. The van der Waals surface area contributed by atoms with Crippen LogP contribution >= 0.6 is 0 Å². The molecule has 1 N–H and O–H groups in total. The second-order valence-electron chi connectivity index (χ2n) is 8.40. The number of anilines is 1. The van der Waals surface area contributed by atoms with E-state index < -0.39 is 28.5 Å². The summed E-state index contributed by atoms with van der Waals surface area (Å²) in [5.74, 6) is 0.170. The number of sulfonamides is 1. The Morgan fingerprint density at radius 3 is 2.14 bits per heavy atom. The highest BCUT2D eigenvalue weighted by Gasteiger charge is 2.32. The predicted octanol–water partition coefficient (Wildman–Crippen LogP) is 2.80. The van der Waals surface area contributed by atoms with Gasteiger partial charge in [0.25, 0.3) is 0 Å². The quantitative estimate of drug-likeness (QED) is 0.476. The van der Waals surface area contributed by atoms with Crippen LogP contribution in [0.15, 0.2) is 48.5 Å². The van der Waals surface area contributed by atoms with Gasteiger partial charge in [0.15, 0.2) is 0 Å². The summed E-state index contributed by atoms with van der Waals surface area (Å²) in [7, 11) is -0.852. The van der Waals surface area contributed by atoms with E-state index in [2.05, 4.69) is 5.32 Å². The van der Waals surface area contributed by atoms with E-state index in [1.807, 2.05) is 20.8 Å². The number of ether oxygens (including phenoxy) is 2. The summed E-state index contributed by atoms with van der Waals surface area (Å²) in [5.41, 5.74) is 1.02. The van der Waals surface area contributed by atoms with Crippen molar-refractivity contribution in [1.82, 2.24) is 10.2 Å². The highest BCUT2D eigenvalue weighted by molar-refractivity contribution is 7.92. The van der Waals surface area contributed by atoms with Crippen LogP contribution in [0.2, 0.25) is 0 Å². The van der Waals surface area contributed by atoms with E-state index in [1.54, 1.807) is 55.6 Å². The van der Waals surface area contributed by atoms with Crippen molar-refractivity contribution in [3.8, 4) is 11.5 Å². The molecular weight excluding hydrogens is 470 g/mol. The number of methoxy groups -OCH3 is 2. The molecule has 2 aromatic rings. The minimum atomic E-state index is -3.84. The van der Waals surface area contributed by atoms with E-state index in [0.29, 0.717) is 17.9 Å². The standard InChI is InChI=1S/C25H35N3O6S/c1-7-21(25(30)26-18(2)3)27(16-19-12-14-20(33-4)15-13-19)24(29)17-28(35(6,31)32)22-10-8-9-11-23(22)34-5/h8-15,18,21H,7,16-17H2,1-6H3,(H,26,30)/t21-/m0/s1. The molecule has 0 aliphatic carbocycles. The number of benzene rings is 2. The number of rotatable bonds is 12. The third-order valence-electron chi connectivity index (χ3n) is 5.36. The van der Waals surface area contributed by atoms with Crippen LogP contribution in [0.1, 0.15) is 32.8 Å². The average Bonchev–Trinajstić information content (AvgIpc) is 2.81. The van der Waals surface area contributed by atoms with Crippen LogP contribution in [-0.4, -0.2) is 64.2 Å². The Bertz CT molecular complexity index is 1100. The number of para-hydroxylation sites is 2. The molecule has 9 nitrogen and oxygen atoms in total. The molecule has 0 aliphatic heterocycles. The molecule has 2 amide bonds. The Balaban J connectivity index is 2.47. The van der Waals surface area contributed by atoms with Gasteiger partial charge in [-0.1, -0.05) is 31.2 Å². The Morgan fingerprint density at radius 2 is 1.63 bits per heavy atom. The van der Waals surface area contributed by atoms with Gasteiger partial charge in [-0.25, -0.2) is 8.42 Å². The molecule has 0 radical (unpaired) electrons. The molecule has 0 spiro atoms. The molecular formula is C25H35N3O6S. The Labute approximate surface area is 208 Å². The maximum absolute atomic E-state index is 13.7. The van der Waals surface area contributed by atoms with E-state index in [-0.39, 0.29) is 24.2 Å². The van der Waals surface area contributed by atoms with Crippen LogP contribution in [0.25, 0.3) is 0 Å². The largest absolute Gasteiger partial charge is 0.497 e. The second-order valence-corrected chi connectivity index (χ2v) is 10.3. The average molecular weight is 506 g/mol. The molecule has 0 fully saturated rings. The van der Waals surface area contributed by atoms with Gasteiger partial charge < -0.3 is 19.7 Å².